The highest BCUT2D eigenvalue weighted by Crippen LogP contribution is 2.64. The van der Waals surface area contributed by atoms with Gasteiger partial charge in [-0.15, -0.1) is 0 Å². The molecule has 1 aliphatic carbocycles. The van der Waals surface area contributed by atoms with Crippen molar-refractivity contribution in [1.82, 2.24) is 0 Å². The van der Waals surface area contributed by atoms with Crippen LogP contribution in [0, 0.1) is 11.3 Å². The van der Waals surface area contributed by atoms with E-state index in [1.807, 2.05) is 27.7 Å². The molecule has 3 atom stereocenters. The van der Waals surface area contributed by atoms with Gasteiger partial charge in [-0.25, -0.2) is 0 Å². The number of methoxy groups -OCH3 is 1. The van der Waals surface area contributed by atoms with E-state index in [4.69, 9.17) is 14.2 Å². The molecular weight excluding hydrogens is 220 g/mol. The van der Waals surface area contributed by atoms with E-state index >= 15 is 0 Å². The largest absolute Gasteiger partial charge is 0.469 e. The lowest BCUT2D eigenvalue weighted by molar-refractivity contribution is -0.239. The molecule has 17 heavy (non-hydrogen) atoms. The molecule has 2 aliphatic rings. The predicted octanol–water partition coefficient (Wildman–Crippen LogP) is 1.77. The molecule has 0 aromatic rings. The lowest BCUT2D eigenvalue weighted by atomic mass is 9.49. The zero-order chi connectivity index (χ0) is 12.9. The fourth-order valence-electron chi connectivity index (χ4n) is 3.57. The molecule has 0 N–H and O–H groups in total. The van der Waals surface area contributed by atoms with Crippen molar-refractivity contribution in [2.75, 3.05) is 20.3 Å². The molecule has 0 amide bonds. The van der Waals surface area contributed by atoms with E-state index in [0.29, 0.717) is 19.6 Å². The van der Waals surface area contributed by atoms with Gasteiger partial charge in [-0.1, -0.05) is 0 Å². The Morgan fingerprint density at radius 1 is 1.41 bits per heavy atom. The summed E-state index contributed by atoms with van der Waals surface area (Å²) in [5.74, 6) is -0.0588. The fraction of sp³-hybridized carbons (Fsp3) is 0.923. The average molecular weight is 242 g/mol. The quantitative estimate of drug-likeness (QED) is 0.707. The lowest BCUT2D eigenvalue weighted by Crippen LogP contribution is -2.69. The normalized spacial score (nSPS) is 42.8. The van der Waals surface area contributed by atoms with Crippen LogP contribution in [0.2, 0.25) is 0 Å². The van der Waals surface area contributed by atoms with Gasteiger partial charge in [0.25, 0.3) is 0 Å². The van der Waals surface area contributed by atoms with E-state index in [2.05, 4.69) is 0 Å². The summed E-state index contributed by atoms with van der Waals surface area (Å²) in [5.41, 5.74) is -1.12. The molecule has 0 radical (unpaired) electrons. The van der Waals surface area contributed by atoms with E-state index < -0.39 is 5.41 Å². The van der Waals surface area contributed by atoms with Crippen molar-refractivity contribution in [2.24, 2.45) is 11.3 Å². The summed E-state index contributed by atoms with van der Waals surface area (Å²) in [6.45, 7) is 9.22. The minimum absolute atomic E-state index is 0.0948. The Kier molecular flexibility index (Phi) is 2.79. The number of carbonyl (C=O) groups is 1. The van der Waals surface area contributed by atoms with Crippen molar-refractivity contribution in [2.45, 2.75) is 45.3 Å². The molecule has 0 bridgehead atoms. The summed E-state index contributed by atoms with van der Waals surface area (Å²) in [6.07, 6.45) is 0.679. The van der Waals surface area contributed by atoms with Crippen LogP contribution >= 0.6 is 0 Å². The van der Waals surface area contributed by atoms with Crippen LogP contribution in [0.15, 0.2) is 0 Å². The van der Waals surface area contributed by atoms with Crippen LogP contribution in [-0.4, -0.2) is 37.5 Å². The Balaban J connectivity index is 2.28. The summed E-state index contributed by atoms with van der Waals surface area (Å²) in [7, 11) is 1.44. The molecule has 2 rings (SSSR count). The minimum Gasteiger partial charge on any atom is -0.469 e. The first-order chi connectivity index (χ1) is 7.84. The maximum Gasteiger partial charge on any atom is 0.312 e. The first kappa shape index (κ1) is 12.8. The van der Waals surface area contributed by atoms with E-state index in [0.717, 1.165) is 0 Å². The van der Waals surface area contributed by atoms with Crippen molar-refractivity contribution in [3.05, 3.63) is 0 Å². The molecule has 0 aromatic heterocycles. The van der Waals surface area contributed by atoms with Crippen LogP contribution < -0.4 is 0 Å². The molecule has 0 spiro atoms. The number of hydrogen-bond acceptors (Lipinski definition) is 4. The van der Waals surface area contributed by atoms with Crippen LogP contribution in [0.3, 0.4) is 0 Å². The zero-order valence-electron chi connectivity index (χ0n) is 11.3. The second kappa shape index (κ2) is 3.69. The fourth-order valence-corrected chi connectivity index (χ4v) is 3.57. The summed E-state index contributed by atoms with van der Waals surface area (Å²) in [6, 6.07) is 0. The molecule has 1 saturated carbocycles. The third-order valence-electron chi connectivity index (χ3n) is 4.65. The highest BCUT2D eigenvalue weighted by Gasteiger charge is 2.74. The number of hydrogen-bond donors (Lipinski definition) is 0. The number of fused-ring (bicyclic) bond motifs is 1. The predicted molar refractivity (Wildman–Crippen MR) is 62.6 cm³/mol. The Morgan fingerprint density at radius 2 is 2.06 bits per heavy atom. The second-order valence-electron chi connectivity index (χ2n) is 5.78. The van der Waals surface area contributed by atoms with Gasteiger partial charge in [-0.3, -0.25) is 4.79 Å². The lowest BCUT2D eigenvalue weighted by Gasteiger charge is -2.58. The van der Waals surface area contributed by atoms with Gasteiger partial charge in [0.2, 0.25) is 0 Å². The Labute approximate surface area is 103 Å². The van der Waals surface area contributed by atoms with Gasteiger partial charge >= 0.3 is 5.97 Å². The van der Waals surface area contributed by atoms with E-state index in [1.165, 1.54) is 7.11 Å². The molecule has 1 aliphatic heterocycles. The van der Waals surface area contributed by atoms with E-state index in [9.17, 15) is 4.79 Å². The smallest absolute Gasteiger partial charge is 0.312 e. The maximum absolute atomic E-state index is 11.9. The summed E-state index contributed by atoms with van der Waals surface area (Å²) in [5, 5.41) is 0. The molecule has 4 heteroatoms. The van der Waals surface area contributed by atoms with Gasteiger partial charge in [0.1, 0.15) is 5.60 Å². The maximum atomic E-state index is 11.9. The Morgan fingerprint density at radius 3 is 2.59 bits per heavy atom. The summed E-state index contributed by atoms with van der Waals surface area (Å²) < 4.78 is 16.7. The van der Waals surface area contributed by atoms with Gasteiger partial charge in [0.15, 0.2) is 0 Å². The van der Waals surface area contributed by atoms with Gasteiger partial charge in [0, 0.05) is 12.5 Å². The average Bonchev–Trinajstić information content (AvgIpc) is 2.46. The van der Waals surface area contributed by atoms with Crippen LogP contribution in [0.1, 0.15) is 34.1 Å². The van der Waals surface area contributed by atoms with Crippen molar-refractivity contribution < 1.29 is 19.0 Å². The number of carbonyl (C=O) groups excluding carboxylic acids is 1. The third kappa shape index (κ3) is 1.40. The molecule has 2 fully saturated rings. The van der Waals surface area contributed by atoms with Crippen LogP contribution in [0.5, 0.6) is 0 Å². The monoisotopic (exact) mass is 242 g/mol. The van der Waals surface area contributed by atoms with Crippen molar-refractivity contribution in [3.63, 3.8) is 0 Å². The van der Waals surface area contributed by atoms with Gasteiger partial charge in [-0.05, 0) is 34.1 Å². The second-order valence-corrected chi connectivity index (χ2v) is 5.78. The van der Waals surface area contributed by atoms with Crippen molar-refractivity contribution in [3.8, 4) is 0 Å². The molecular formula is C13H22O4. The number of ether oxygens (including phenoxy) is 3. The molecule has 0 aromatic carbocycles. The Hall–Kier alpha value is -0.610. The van der Waals surface area contributed by atoms with Gasteiger partial charge in [-0.2, -0.15) is 0 Å². The zero-order valence-corrected chi connectivity index (χ0v) is 11.3. The van der Waals surface area contributed by atoms with Crippen LogP contribution in [0.4, 0.5) is 0 Å². The minimum atomic E-state index is -0.461. The van der Waals surface area contributed by atoms with E-state index in [1.54, 1.807) is 0 Å². The highest BCUT2D eigenvalue weighted by atomic mass is 16.6. The Bertz CT molecular complexity index is 338. The summed E-state index contributed by atoms with van der Waals surface area (Å²) in [4.78, 5) is 11.9. The van der Waals surface area contributed by atoms with E-state index in [-0.39, 0.29) is 23.1 Å². The van der Waals surface area contributed by atoms with Crippen LogP contribution in [-0.2, 0) is 19.0 Å². The summed E-state index contributed by atoms with van der Waals surface area (Å²) >= 11 is 0. The van der Waals surface area contributed by atoms with Gasteiger partial charge in [0.05, 0.1) is 24.7 Å². The topological polar surface area (TPSA) is 44.8 Å². The molecule has 4 nitrogen and oxygen atoms in total. The standard InChI is InChI=1S/C13H22O4/c1-6-16-13-8-12(4,10(14)15-5)9(13)7-17-11(13,2)3/h9H,6-8H2,1-5H3/t9-,12-,13-/m0/s1. The number of rotatable bonds is 3. The molecule has 98 valence electrons. The van der Waals surface area contributed by atoms with Gasteiger partial charge < -0.3 is 14.2 Å². The molecule has 1 heterocycles. The molecule has 0 unspecified atom stereocenters. The van der Waals surface area contributed by atoms with Crippen molar-refractivity contribution >= 4 is 5.97 Å². The first-order valence-corrected chi connectivity index (χ1v) is 6.20. The third-order valence-corrected chi connectivity index (χ3v) is 4.65. The highest BCUT2D eigenvalue weighted by molar-refractivity contribution is 5.79. The number of esters is 1. The SMILES string of the molecule is CCO[C@@]12C[C@](C)(C(=O)OC)[C@@H]1COC2(C)C. The molecule has 1 saturated heterocycles. The van der Waals surface area contributed by atoms with Crippen molar-refractivity contribution in [1.29, 1.82) is 0 Å². The van der Waals surface area contributed by atoms with Crippen LogP contribution in [0.25, 0.3) is 0 Å². The first-order valence-electron chi connectivity index (χ1n) is 6.20.